The summed E-state index contributed by atoms with van der Waals surface area (Å²) >= 11 is 6.30. The van der Waals surface area contributed by atoms with Gasteiger partial charge >= 0.3 is 0 Å². The lowest BCUT2D eigenvalue weighted by molar-refractivity contribution is -0.140. The third-order valence-corrected chi connectivity index (χ3v) is 8.71. The molecule has 10 heteroatoms. The van der Waals surface area contributed by atoms with E-state index in [1.165, 1.54) is 24.1 Å². The van der Waals surface area contributed by atoms with Gasteiger partial charge in [0.25, 0.3) is 0 Å². The molecule has 0 bridgehead atoms. The van der Waals surface area contributed by atoms with Crippen LogP contribution in [0.1, 0.15) is 36.8 Å². The zero-order valence-electron chi connectivity index (χ0n) is 23.3. The Morgan fingerprint density at radius 1 is 0.976 bits per heavy atom. The summed E-state index contributed by atoms with van der Waals surface area (Å²) < 4.78 is 32.1. The van der Waals surface area contributed by atoms with Gasteiger partial charge < -0.3 is 15.0 Å². The summed E-state index contributed by atoms with van der Waals surface area (Å²) in [6.07, 6.45) is 5.22. The number of carbonyl (C=O) groups excluding carboxylic acids is 2. The molecular weight excluding hydrogens is 562 g/mol. The normalized spacial score (nSPS) is 14.3. The summed E-state index contributed by atoms with van der Waals surface area (Å²) in [4.78, 5) is 29.5. The maximum atomic E-state index is 14.1. The zero-order chi connectivity index (χ0) is 29.4. The zero-order valence-corrected chi connectivity index (χ0v) is 24.9. The Labute approximate surface area is 247 Å². The van der Waals surface area contributed by atoms with E-state index in [0.717, 1.165) is 47.4 Å². The highest BCUT2D eigenvalue weighted by atomic mass is 35.5. The number of methoxy groups -OCH3 is 1. The van der Waals surface area contributed by atoms with E-state index in [1.54, 1.807) is 6.07 Å². The number of sulfonamides is 1. The molecule has 0 aromatic heterocycles. The highest BCUT2D eigenvalue weighted by Crippen LogP contribution is 2.30. The smallest absolute Gasteiger partial charge is 0.244 e. The average Bonchev–Trinajstić information content (AvgIpc) is 3.47. The number of rotatable bonds is 12. The summed E-state index contributed by atoms with van der Waals surface area (Å²) in [7, 11) is -2.43. The van der Waals surface area contributed by atoms with Crippen molar-refractivity contribution < 1.29 is 22.7 Å². The highest BCUT2D eigenvalue weighted by molar-refractivity contribution is 7.92. The second kappa shape index (κ2) is 13.9. The van der Waals surface area contributed by atoms with E-state index in [2.05, 4.69) is 5.32 Å². The molecule has 1 fully saturated rings. The molecule has 3 aromatic carbocycles. The van der Waals surface area contributed by atoms with Crippen LogP contribution in [0.4, 0.5) is 5.69 Å². The van der Waals surface area contributed by atoms with Crippen LogP contribution in [-0.4, -0.2) is 57.1 Å². The van der Waals surface area contributed by atoms with Crippen molar-refractivity contribution in [3.8, 4) is 5.75 Å². The number of hydrogen-bond acceptors (Lipinski definition) is 5. The van der Waals surface area contributed by atoms with Gasteiger partial charge in [-0.2, -0.15) is 0 Å². The molecule has 1 aliphatic rings. The Balaban J connectivity index is 1.71. The monoisotopic (exact) mass is 597 g/mol. The largest absolute Gasteiger partial charge is 0.495 e. The molecule has 0 heterocycles. The first-order chi connectivity index (χ1) is 19.7. The maximum absolute atomic E-state index is 14.1. The molecule has 3 aromatic rings. The van der Waals surface area contributed by atoms with Gasteiger partial charge in [-0.05, 0) is 42.2 Å². The second-order valence-corrected chi connectivity index (χ2v) is 12.6. The standard InChI is InChI=1S/C31H36ClN3O5S/c1-40-29-18-17-26(20-27(29)32)35(41(2,38)39)22-30(36)34(21-24-13-7-4-8-14-24)28(19-23-11-5-3-6-12-23)31(37)33-25-15-9-10-16-25/h3-8,11-14,17-18,20,25,28H,9-10,15-16,19,21-22H2,1-2H3,(H,33,37). The number of ether oxygens (including phenoxy) is 1. The quantitative estimate of drug-likeness (QED) is 0.323. The minimum absolute atomic E-state index is 0.0587. The Morgan fingerprint density at radius 3 is 2.15 bits per heavy atom. The van der Waals surface area contributed by atoms with Gasteiger partial charge in [-0.3, -0.25) is 13.9 Å². The van der Waals surface area contributed by atoms with Crippen molar-refractivity contribution >= 4 is 39.1 Å². The molecule has 0 aliphatic heterocycles. The number of carbonyl (C=O) groups is 2. The number of hydrogen-bond donors (Lipinski definition) is 1. The fourth-order valence-corrected chi connectivity index (χ4v) is 6.22. The maximum Gasteiger partial charge on any atom is 0.244 e. The van der Waals surface area contributed by atoms with Crippen LogP contribution in [-0.2, 0) is 32.6 Å². The van der Waals surface area contributed by atoms with Crippen LogP contribution >= 0.6 is 11.6 Å². The summed E-state index contributed by atoms with van der Waals surface area (Å²) in [5.41, 5.74) is 1.94. The molecule has 0 spiro atoms. The molecule has 1 atom stereocenters. The first-order valence-corrected chi connectivity index (χ1v) is 15.9. The van der Waals surface area contributed by atoms with Gasteiger partial charge in [-0.1, -0.05) is 85.1 Å². The van der Waals surface area contributed by atoms with Crippen LogP contribution in [0, 0.1) is 0 Å². The van der Waals surface area contributed by atoms with E-state index >= 15 is 0 Å². The molecule has 8 nitrogen and oxygen atoms in total. The first-order valence-electron chi connectivity index (χ1n) is 13.6. The first kappa shape index (κ1) is 30.4. The van der Waals surface area contributed by atoms with Gasteiger partial charge in [-0.15, -0.1) is 0 Å². The van der Waals surface area contributed by atoms with Crippen LogP contribution in [0.15, 0.2) is 78.9 Å². The van der Waals surface area contributed by atoms with Gasteiger partial charge in [0, 0.05) is 19.0 Å². The molecule has 0 radical (unpaired) electrons. The topological polar surface area (TPSA) is 96.0 Å². The predicted octanol–water partition coefficient (Wildman–Crippen LogP) is 4.81. The Bertz CT molecular complexity index is 1430. The van der Waals surface area contributed by atoms with Crippen LogP contribution in [0.2, 0.25) is 5.02 Å². The third-order valence-electron chi connectivity index (χ3n) is 7.27. The molecule has 2 amide bonds. The van der Waals surface area contributed by atoms with Crippen molar-refractivity contribution in [1.29, 1.82) is 0 Å². The minimum Gasteiger partial charge on any atom is -0.495 e. The number of nitrogens with one attached hydrogen (secondary N) is 1. The fourth-order valence-electron chi connectivity index (χ4n) is 5.13. The number of anilines is 1. The predicted molar refractivity (Wildman–Crippen MR) is 162 cm³/mol. The lowest BCUT2D eigenvalue weighted by Crippen LogP contribution is -2.54. The SMILES string of the molecule is COc1ccc(N(CC(=O)N(Cc2ccccc2)C(Cc2ccccc2)C(=O)NC2CCCC2)S(C)(=O)=O)cc1Cl. The summed E-state index contributed by atoms with van der Waals surface area (Å²) in [5.74, 6) is -0.371. The van der Waals surface area contributed by atoms with Gasteiger partial charge in [0.1, 0.15) is 18.3 Å². The van der Waals surface area contributed by atoms with Gasteiger partial charge in [0.05, 0.1) is 24.1 Å². The Kier molecular flexibility index (Phi) is 10.3. The van der Waals surface area contributed by atoms with Crippen molar-refractivity contribution in [3.05, 3.63) is 95.0 Å². The summed E-state index contributed by atoms with van der Waals surface area (Å²) in [5, 5.41) is 3.37. The van der Waals surface area contributed by atoms with E-state index in [0.29, 0.717) is 5.75 Å². The van der Waals surface area contributed by atoms with Crippen LogP contribution in [0.3, 0.4) is 0 Å². The molecule has 1 saturated carbocycles. The minimum atomic E-state index is -3.89. The third kappa shape index (κ3) is 8.24. The highest BCUT2D eigenvalue weighted by Gasteiger charge is 2.34. The van der Waals surface area contributed by atoms with Crippen LogP contribution in [0.25, 0.3) is 0 Å². The summed E-state index contributed by atoms with van der Waals surface area (Å²) in [6.45, 7) is -0.368. The Morgan fingerprint density at radius 2 is 1.59 bits per heavy atom. The lowest BCUT2D eigenvalue weighted by atomic mass is 10.0. The summed E-state index contributed by atoms with van der Waals surface area (Å²) in [6, 6.07) is 22.6. The molecule has 4 rings (SSSR count). The number of amides is 2. The van der Waals surface area contributed by atoms with Crippen molar-refractivity contribution in [1.82, 2.24) is 10.2 Å². The molecular formula is C31H36ClN3O5S. The van der Waals surface area contributed by atoms with E-state index in [1.807, 2.05) is 60.7 Å². The number of benzene rings is 3. The van der Waals surface area contributed by atoms with Gasteiger partial charge in [0.15, 0.2) is 0 Å². The van der Waals surface area contributed by atoms with Crippen molar-refractivity contribution in [2.24, 2.45) is 0 Å². The molecule has 1 unspecified atom stereocenters. The van der Waals surface area contributed by atoms with E-state index in [9.17, 15) is 18.0 Å². The average molecular weight is 598 g/mol. The lowest BCUT2D eigenvalue weighted by Gasteiger charge is -2.34. The van der Waals surface area contributed by atoms with Crippen LogP contribution in [0.5, 0.6) is 5.75 Å². The number of halogens is 1. The van der Waals surface area contributed by atoms with Gasteiger partial charge in [-0.25, -0.2) is 8.42 Å². The molecule has 41 heavy (non-hydrogen) atoms. The van der Waals surface area contributed by atoms with Crippen molar-refractivity contribution in [2.45, 2.75) is 50.7 Å². The molecule has 1 aliphatic carbocycles. The molecule has 0 saturated heterocycles. The Hall–Kier alpha value is -3.56. The van der Waals surface area contributed by atoms with Crippen molar-refractivity contribution in [2.75, 3.05) is 24.2 Å². The fraction of sp³-hybridized carbons (Fsp3) is 0.355. The van der Waals surface area contributed by atoms with Crippen molar-refractivity contribution in [3.63, 3.8) is 0 Å². The van der Waals surface area contributed by atoms with Crippen LogP contribution < -0.4 is 14.4 Å². The van der Waals surface area contributed by atoms with Gasteiger partial charge in [0.2, 0.25) is 21.8 Å². The number of nitrogens with zero attached hydrogens (tertiary/aromatic N) is 2. The van der Waals surface area contributed by atoms with E-state index in [4.69, 9.17) is 16.3 Å². The van der Waals surface area contributed by atoms with E-state index < -0.39 is 28.5 Å². The van der Waals surface area contributed by atoms with E-state index in [-0.39, 0.29) is 35.6 Å². The molecule has 218 valence electrons. The second-order valence-electron chi connectivity index (χ2n) is 10.3. The molecule has 1 N–H and O–H groups in total.